The van der Waals surface area contributed by atoms with E-state index in [9.17, 15) is 0 Å². The molecule has 0 aromatic heterocycles. The van der Waals surface area contributed by atoms with Gasteiger partial charge in [-0.1, -0.05) is 47.5 Å². The van der Waals surface area contributed by atoms with Crippen LogP contribution < -0.4 is 10.6 Å². The average Bonchev–Trinajstić information content (AvgIpc) is 2.36. The van der Waals surface area contributed by atoms with Crippen molar-refractivity contribution >= 4 is 29.9 Å². The largest absolute Gasteiger partial charge is 0.379 e. The van der Waals surface area contributed by atoms with Gasteiger partial charge in [0.25, 0.3) is 0 Å². The van der Waals surface area contributed by atoms with E-state index in [4.69, 9.17) is 4.74 Å². The lowest BCUT2D eigenvalue weighted by Gasteiger charge is -2.30. The molecule has 0 bridgehead atoms. The fourth-order valence-corrected chi connectivity index (χ4v) is 1.97. The zero-order valence-corrected chi connectivity index (χ0v) is 16.6. The molecule has 0 aliphatic rings. The molecule has 0 saturated carbocycles. The number of aliphatic imine (C=N–C) groups is 1. The molecule has 1 atom stereocenters. The Labute approximate surface area is 142 Å². The van der Waals surface area contributed by atoms with E-state index >= 15 is 0 Å². The third-order valence-corrected chi connectivity index (χ3v) is 3.64. The summed E-state index contributed by atoms with van der Waals surface area (Å²) in [4.78, 5) is 4.26. The smallest absolute Gasteiger partial charge is 0.191 e. The van der Waals surface area contributed by atoms with E-state index in [0.717, 1.165) is 19.0 Å². The highest BCUT2D eigenvalue weighted by Gasteiger charge is 2.24. The van der Waals surface area contributed by atoms with Crippen LogP contribution >= 0.6 is 24.0 Å². The molecule has 0 fully saturated rings. The number of nitrogens with zero attached hydrogens (tertiary/aromatic N) is 1. The molecule has 0 aromatic carbocycles. The van der Waals surface area contributed by atoms with Crippen molar-refractivity contribution in [2.24, 2.45) is 16.3 Å². The number of nitrogens with one attached hydrogen (secondary N) is 2. The number of methoxy groups -OCH3 is 1. The van der Waals surface area contributed by atoms with E-state index in [-0.39, 0.29) is 35.5 Å². The van der Waals surface area contributed by atoms with Gasteiger partial charge in [0.15, 0.2) is 5.96 Å². The molecule has 0 amide bonds. The molecule has 0 spiro atoms. The van der Waals surface area contributed by atoms with Gasteiger partial charge in [-0.2, -0.15) is 0 Å². The molecule has 0 radical (unpaired) electrons. The fraction of sp³-hybridized carbons (Fsp3) is 0.933. The van der Waals surface area contributed by atoms with Crippen molar-refractivity contribution in [2.45, 2.75) is 53.6 Å². The predicted octanol–water partition coefficient (Wildman–Crippen LogP) is 3.27. The van der Waals surface area contributed by atoms with Crippen LogP contribution in [0.4, 0.5) is 0 Å². The van der Waals surface area contributed by atoms with E-state index < -0.39 is 0 Å². The van der Waals surface area contributed by atoms with Crippen molar-refractivity contribution in [2.75, 3.05) is 27.2 Å². The summed E-state index contributed by atoms with van der Waals surface area (Å²) in [5.74, 6) is 1.57. The van der Waals surface area contributed by atoms with Crippen molar-refractivity contribution in [1.82, 2.24) is 10.6 Å². The van der Waals surface area contributed by atoms with Gasteiger partial charge in [0.2, 0.25) is 0 Å². The molecule has 122 valence electrons. The van der Waals surface area contributed by atoms with E-state index in [1.165, 1.54) is 12.8 Å². The van der Waals surface area contributed by atoms with Gasteiger partial charge in [0, 0.05) is 27.2 Å². The van der Waals surface area contributed by atoms with E-state index in [1.54, 1.807) is 14.2 Å². The first kappa shape index (κ1) is 22.2. The molecule has 0 aromatic rings. The molecule has 0 aliphatic heterocycles. The molecular formula is C15H34IN3O. The predicted molar refractivity (Wildman–Crippen MR) is 99.1 cm³/mol. The average molecular weight is 399 g/mol. The highest BCUT2D eigenvalue weighted by molar-refractivity contribution is 14.0. The molecule has 0 heterocycles. The maximum atomic E-state index is 5.53. The van der Waals surface area contributed by atoms with E-state index in [2.05, 4.69) is 50.2 Å². The minimum absolute atomic E-state index is 0. The summed E-state index contributed by atoms with van der Waals surface area (Å²) in [6.07, 6.45) is 2.56. The van der Waals surface area contributed by atoms with Crippen LogP contribution in [0.1, 0.15) is 47.5 Å². The van der Waals surface area contributed by atoms with Gasteiger partial charge >= 0.3 is 0 Å². The Balaban J connectivity index is 0. The Morgan fingerprint density at radius 3 is 1.95 bits per heavy atom. The normalized spacial score (nSPS) is 13.9. The van der Waals surface area contributed by atoms with Crippen molar-refractivity contribution in [3.8, 4) is 0 Å². The summed E-state index contributed by atoms with van der Waals surface area (Å²) < 4.78 is 5.53. The van der Waals surface area contributed by atoms with Gasteiger partial charge in [0.1, 0.15) is 0 Å². The number of halogens is 1. The maximum Gasteiger partial charge on any atom is 0.191 e. The molecular weight excluding hydrogens is 365 g/mol. The lowest BCUT2D eigenvalue weighted by Crippen LogP contribution is -2.46. The number of guanidine groups is 1. The summed E-state index contributed by atoms with van der Waals surface area (Å²) >= 11 is 0. The first-order valence-corrected chi connectivity index (χ1v) is 7.36. The third kappa shape index (κ3) is 9.00. The third-order valence-electron chi connectivity index (χ3n) is 3.64. The summed E-state index contributed by atoms with van der Waals surface area (Å²) in [5.41, 5.74) is 0.121. The minimum Gasteiger partial charge on any atom is -0.379 e. The van der Waals surface area contributed by atoms with Crippen molar-refractivity contribution in [3.05, 3.63) is 0 Å². The second-order valence-electron chi connectivity index (χ2n) is 6.11. The van der Waals surface area contributed by atoms with Crippen molar-refractivity contribution in [3.63, 3.8) is 0 Å². The highest BCUT2D eigenvalue weighted by atomic mass is 127. The molecule has 1 unspecified atom stereocenters. The maximum absolute atomic E-state index is 5.53. The van der Waals surface area contributed by atoms with Gasteiger partial charge in [-0.3, -0.25) is 4.99 Å². The van der Waals surface area contributed by atoms with Crippen LogP contribution in [0.3, 0.4) is 0 Å². The van der Waals surface area contributed by atoms with Crippen LogP contribution in [0.15, 0.2) is 4.99 Å². The van der Waals surface area contributed by atoms with Gasteiger partial charge < -0.3 is 15.4 Å². The first-order valence-electron chi connectivity index (χ1n) is 7.36. The standard InChI is InChI=1S/C15H33N3O.HI/c1-8-12(9-2)10-17-14(16-6)18-11-13(19-7)15(3,4)5;/h12-13H,8-11H2,1-7H3,(H2,16,17,18);1H. The molecule has 0 rings (SSSR count). The quantitative estimate of drug-likeness (QED) is 0.393. The Bertz CT molecular complexity index is 260. The highest BCUT2D eigenvalue weighted by Crippen LogP contribution is 2.20. The number of hydrogen-bond donors (Lipinski definition) is 2. The lowest BCUT2D eigenvalue weighted by molar-refractivity contribution is 0.0205. The molecule has 4 nitrogen and oxygen atoms in total. The van der Waals surface area contributed by atoms with Crippen molar-refractivity contribution < 1.29 is 4.74 Å². The lowest BCUT2D eigenvalue weighted by atomic mass is 9.89. The molecule has 20 heavy (non-hydrogen) atoms. The molecule has 0 saturated heterocycles. The number of ether oxygens (including phenoxy) is 1. The number of hydrogen-bond acceptors (Lipinski definition) is 2. The topological polar surface area (TPSA) is 45.7 Å². The molecule has 5 heteroatoms. The van der Waals surface area contributed by atoms with Crippen LogP contribution in [0.25, 0.3) is 0 Å². The van der Waals surface area contributed by atoms with Crippen LogP contribution in [0.5, 0.6) is 0 Å². The van der Waals surface area contributed by atoms with E-state index in [1.807, 2.05) is 0 Å². The van der Waals surface area contributed by atoms with Gasteiger partial charge in [-0.05, 0) is 11.3 Å². The Morgan fingerprint density at radius 2 is 1.60 bits per heavy atom. The van der Waals surface area contributed by atoms with Crippen LogP contribution in [-0.4, -0.2) is 39.3 Å². The van der Waals surface area contributed by atoms with Crippen molar-refractivity contribution in [1.29, 1.82) is 0 Å². The van der Waals surface area contributed by atoms with Gasteiger partial charge in [-0.15, -0.1) is 24.0 Å². The summed E-state index contributed by atoms with van der Waals surface area (Å²) in [5, 5.41) is 6.73. The monoisotopic (exact) mass is 399 g/mol. The van der Waals surface area contributed by atoms with Crippen LogP contribution in [-0.2, 0) is 4.74 Å². The van der Waals surface area contributed by atoms with Gasteiger partial charge in [0.05, 0.1) is 6.10 Å². The SMILES string of the molecule is CCC(CC)CNC(=NC)NCC(OC)C(C)(C)C.I. The van der Waals surface area contributed by atoms with E-state index in [0.29, 0.717) is 5.92 Å². The minimum atomic E-state index is 0. The first-order chi connectivity index (χ1) is 8.88. The Morgan fingerprint density at radius 1 is 1.10 bits per heavy atom. The number of rotatable bonds is 7. The Hall–Kier alpha value is -0.0400. The molecule has 0 aliphatic carbocycles. The zero-order chi connectivity index (χ0) is 14.9. The second-order valence-corrected chi connectivity index (χ2v) is 6.11. The summed E-state index contributed by atoms with van der Waals surface area (Å²) in [7, 11) is 3.57. The summed E-state index contributed by atoms with van der Waals surface area (Å²) in [6.45, 7) is 12.7. The van der Waals surface area contributed by atoms with Crippen LogP contribution in [0.2, 0.25) is 0 Å². The Kier molecular flexibility index (Phi) is 12.9. The molecule has 2 N–H and O–H groups in total. The summed E-state index contributed by atoms with van der Waals surface area (Å²) in [6, 6.07) is 0. The van der Waals surface area contributed by atoms with Crippen LogP contribution in [0, 0.1) is 11.3 Å². The zero-order valence-electron chi connectivity index (χ0n) is 14.2. The second kappa shape index (κ2) is 11.6. The fourth-order valence-electron chi connectivity index (χ4n) is 1.97. The van der Waals surface area contributed by atoms with Gasteiger partial charge in [-0.25, -0.2) is 0 Å².